The first kappa shape index (κ1) is 19.4. The molecule has 0 N–H and O–H groups in total. The standard InChI is InChI=1S/C20H26N2O2S2/c1-20(2,3)17-8-6-16(7-9-17)15-25-19-11-10-18(14-21-19)26(23,24)22-12-4-5-13-22/h6-11,14H,4-5,12-13,15H2,1-3H3. The normalized spacial score (nSPS) is 16.1. The van der Waals surface area contributed by atoms with E-state index in [1.807, 2.05) is 0 Å². The fraction of sp³-hybridized carbons (Fsp3) is 0.450. The van der Waals surface area contributed by atoms with E-state index in [9.17, 15) is 8.42 Å². The quantitative estimate of drug-likeness (QED) is 0.708. The average molecular weight is 391 g/mol. The zero-order chi connectivity index (χ0) is 18.8. The summed E-state index contributed by atoms with van der Waals surface area (Å²) in [7, 11) is -3.38. The third kappa shape index (κ3) is 4.48. The molecule has 26 heavy (non-hydrogen) atoms. The van der Waals surface area contributed by atoms with Crippen LogP contribution in [0.15, 0.2) is 52.5 Å². The van der Waals surface area contributed by atoms with Gasteiger partial charge in [-0.25, -0.2) is 13.4 Å². The lowest BCUT2D eigenvalue weighted by atomic mass is 9.87. The maximum atomic E-state index is 12.5. The van der Waals surface area contributed by atoms with Crippen LogP contribution in [0, 0.1) is 0 Å². The number of pyridine rings is 1. The number of benzene rings is 1. The number of hydrogen-bond donors (Lipinski definition) is 0. The molecule has 3 rings (SSSR count). The lowest BCUT2D eigenvalue weighted by Crippen LogP contribution is -2.27. The Morgan fingerprint density at radius 1 is 1.04 bits per heavy atom. The second-order valence-corrected chi connectivity index (χ2v) is 10.6. The van der Waals surface area contributed by atoms with Gasteiger partial charge in [0.05, 0.1) is 5.03 Å². The molecule has 2 aromatic rings. The summed E-state index contributed by atoms with van der Waals surface area (Å²) in [6, 6.07) is 12.1. The van der Waals surface area contributed by atoms with Gasteiger partial charge in [0, 0.05) is 25.0 Å². The Labute approximate surface area is 161 Å². The van der Waals surface area contributed by atoms with Gasteiger partial charge < -0.3 is 0 Å². The van der Waals surface area contributed by atoms with Crippen LogP contribution in [0.2, 0.25) is 0 Å². The second kappa shape index (κ2) is 7.71. The summed E-state index contributed by atoms with van der Waals surface area (Å²) < 4.78 is 26.6. The van der Waals surface area contributed by atoms with Crippen molar-refractivity contribution in [3.05, 3.63) is 53.7 Å². The van der Waals surface area contributed by atoms with Crippen LogP contribution in [0.5, 0.6) is 0 Å². The minimum Gasteiger partial charge on any atom is -0.249 e. The molecule has 0 saturated carbocycles. The molecule has 140 valence electrons. The Morgan fingerprint density at radius 2 is 1.69 bits per heavy atom. The molecule has 2 heterocycles. The van der Waals surface area contributed by atoms with Crippen molar-refractivity contribution in [2.24, 2.45) is 0 Å². The largest absolute Gasteiger partial charge is 0.249 e. The van der Waals surface area contributed by atoms with Crippen LogP contribution in [0.4, 0.5) is 0 Å². The van der Waals surface area contributed by atoms with Crippen LogP contribution >= 0.6 is 11.8 Å². The highest BCUT2D eigenvalue weighted by Crippen LogP contribution is 2.26. The molecule has 4 nitrogen and oxygen atoms in total. The first-order valence-electron chi connectivity index (χ1n) is 8.95. The van der Waals surface area contributed by atoms with E-state index >= 15 is 0 Å². The molecule has 0 amide bonds. The molecule has 1 saturated heterocycles. The Morgan fingerprint density at radius 3 is 2.23 bits per heavy atom. The van der Waals surface area contributed by atoms with E-state index in [1.54, 1.807) is 28.2 Å². The molecule has 0 radical (unpaired) electrons. The number of thioether (sulfide) groups is 1. The van der Waals surface area contributed by atoms with E-state index in [2.05, 4.69) is 50.0 Å². The molecule has 0 bridgehead atoms. The summed E-state index contributed by atoms with van der Waals surface area (Å²) in [6.45, 7) is 7.85. The molecule has 0 unspecified atom stereocenters. The molecule has 1 aliphatic rings. The monoisotopic (exact) mass is 390 g/mol. The number of rotatable bonds is 5. The average Bonchev–Trinajstić information content (AvgIpc) is 3.15. The maximum Gasteiger partial charge on any atom is 0.244 e. The van der Waals surface area contributed by atoms with E-state index < -0.39 is 10.0 Å². The molecule has 6 heteroatoms. The van der Waals surface area contributed by atoms with Gasteiger partial charge in [0.25, 0.3) is 0 Å². The molecular weight excluding hydrogens is 364 g/mol. The summed E-state index contributed by atoms with van der Waals surface area (Å²) in [6.07, 6.45) is 3.36. The van der Waals surface area contributed by atoms with Crippen LogP contribution in [-0.4, -0.2) is 30.8 Å². The van der Waals surface area contributed by atoms with Gasteiger partial charge in [0.2, 0.25) is 10.0 Å². The minimum absolute atomic E-state index is 0.157. The molecule has 0 aliphatic carbocycles. The highest BCUT2D eigenvalue weighted by molar-refractivity contribution is 7.98. The van der Waals surface area contributed by atoms with E-state index in [0.717, 1.165) is 23.6 Å². The number of aromatic nitrogens is 1. The fourth-order valence-electron chi connectivity index (χ4n) is 2.94. The van der Waals surface area contributed by atoms with Crippen molar-refractivity contribution in [2.75, 3.05) is 13.1 Å². The Hall–Kier alpha value is -1.37. The fourth-order valence-corrected chi connectivity index (χ4v) is 5.20. The van der Waals surface area contributed by atoms with Gasteiger partial charge in [0.1, 0.15) is 4.90 Å². The molecule has 1 aromatic heterocycles. The maximum absolute atomic E-state index is 12.5. The van der Waals surface area contributed by atoms with Crippen LogP contribution in [0.1, 0.15) is 44.7 Å². The Bertz CT molecular complexity index is 833. The first-order chi connectivity index (χ1) is 12.3. The van der Waals surface area contributed by atoms with Crippen molar-refractivity contribution in [2.45, 2.75) is 54.7 Å². The molecule has 1 aromatic carbocycles. The van der Waals surface area contributed by atoms with Crippen LogP contribution in [0.3, 0.4) is 0 Å². The summed E-state index contributed by atoms with van der Waals surface area (Å²) in [5.41, 5.74) is 2.71. The van der Waals surface area contributed by atoms with Crippen molar-refractivity contribution >= 4 is 21.8 Å². The summed E-state index contributed by atoms with van der Waals surface area (Å²) >= 11 is 1.62. The summed E-state index contributed by atoms with van der Waals surface area (Å²) in [5.74, 6) is 0.815. The SMILES string of the molecule is CC(C)(C)c1ccc(CSc2ccc(S(=O)(=O)N3CCCC3)cn2)cc1. The van der Waals surface area contributed by atoms with E-state index in [0.29, 0.717) is 18.0 Å². The third-order valence-corrected chi connectivity index (χ3v) is 7.52. The van der Waals surface area contributed by atoms with Crippen molar-refractivity contribution < 1.29 is 8.42 Å². The predicted octanol–water partition coefficient (Wildman–Crippen LogP) is 4.46. The predicted molar refractivity (Wildman–Crippen MR) is 107 cm³/mol. The second-order valence-electron chi connectivity index (χ2n) is 7.68. The van der Waals surface area contributed by atoms with Gasteiger partial charge in [-0.1, -0.05) is 45.0 Å². The molecule has 0 atom stereocenters. The van der Waals surface area contributed by atoms with Gasteiger partial charge in [0.15, 0.2) is 0 Å². The minimum atomic E-state index is -3.38. The summed E-state index contributed by atoms with van der Waals surface area (Å²) in [4.78, 5) is 4.64. The number of nitrogens with zero attached hydrogens (tertiary/aromatic N) is 2. The first-order valence-corrected chi connectivity index (χ1v) is 11.4. The van der Waals surface area contributed by atoms with Crippen LogP contribution in [0.25, 0.3) is 0 Å². The number of hydrogen-bond acceptors (Lipinski definition) is 4. The van der Waals surface area contributed by atoms with Gasteiger partial charge >= 0.3 is 0 Å². The van der Waals surface area contributed by atoms with Crippen LogP contribution in [-0.2, 0) is 21.2 Å². The molecular formula is C20H26N2O2S2. The van der Waals surface area contributed by atoms with E-state index in [4.69, 9.17) is 0 Å². The van der Waals surface area contributed by atoms with E-state index in [-0.39, 0.29) is 5.41 Å². The highest BCUT2D eigenvalue weighted by Gasteiger charge is 2.27. The number of sulfonamides is 1. The van der Waals surface area contributed by atoms with Gasteiger partial charge in [-0.3, -0.25) is 0 Å². The van der Waals surface area contributed by atoms with Gasteiger partial charge in [-0.2, -0.15) is 4.31 Å². The Kier molecular flexibility index (Phi) is 5.75. The molecule has 1 aliphatic heterocycles. The Balaban J connectivity index is 1.63. The van der Waals surface area contributed by atoms with E-state index in [1.165, 1.54) is 17.3 Å². The lowest BCUT2D eigenvalue weighted by molar-refractivity contribution is 0.477. The zero-order valence-corrected chi connectivity index (χ0v) is 17.2. The van der Waals surface area contributed by atoms with Gasteiger partial charge in [-0.05, 0) is 41.5 Å². The zero-order valence-electron chi connectivity index (χ0n) is 15.6. The van der Waals surface area contributed by atoms with Crippen molar-refractivity contribution in [3.63, 3.8) is 0 Å². The van der Waals surface area contributed by atoms with Gasteiger partial charge in [-0.15, -0.1) is 11.8 Å². The molecule has 1 fully saturated rings. The lowest BCUT2D eigenvalue weighted by Gasteiger charge is -2.19. The summed E-state index contributed by atoms with van der Waals surface area (Å²) in [5, 5.41) is 0.838. The van der Waals surface area contributed by atoms with Crippen molar-refractivity contribution in [1.29, 1.82) is 0 Å². The van der Waals surface area contributed by atoms with Crippen LogP contribution < -0.4 is 0 Å². The third-order valence-electron chi connectivity index (χ3n) is 4.62. The smallest absolute Gasteiger partial charge is 0.244 e. The topological polar surface area (TPSA) is 50.3 Å². The molecule has 0 spiro atoms. The van der Waals surface area contributed by atoms with Crippen molar-refractivity contribution in [3.8, 4) is 0 Å². The highest BCUT2D eigenvalue weighted by atomic mass is 32.2. The van der Waals surface area contributed by atoms with Crippen molar-refractivity contribution in [1.82, 2.24) is 9.29 Å².